The van der Waals surface area contributed by atoms with Crippen molar-refractivity contribution in [3.63, 3.8) is 0 Å². The number of unbranched alkanes of at least 4 members (excludes halogenated alkanes) is 12. The van der Waals surface area contributed by atoms with Gasteiger partial charge in [0, 0.05) is 0 Å². The normalized spacial score (nSPS) is 11.5. The first kappa shape index (κ1) is 48.7. The van der Waals surface area contributed by atoms with Gasteiger partial charge in [0.25, 0.3) is 0 Å². The summed E-state index contributed by atoms with van der Waals surface area (Å²) in [6.45, 7) is 13.2. The summed E-state index contributed by atoms with van der Waals surface area (Å²) in [6.07, 6.45) is 20.9. The van der Waals surface area contributed by atoms with Crippen molar-refractivity contribution in [3.05, 3.63) is 29.3 Å². The first-order valence-corrected chi connectivity index (χ1v) is 20.8. The van der Waals surface area contributed by atoms with E-state index in [1.54, 1.807) is 0 Å². The minimum absolute atomic E-state index is 0.0299. The summed E-state index contributed by atoms with van der Waals surface area (Å²) >= 11 is 0. The van der Waals surface area contributed by atoms with E-state index in [-0.39, 0.29) is 6.61 Å². The molecule has 52 heavy (non-hydrogen) atoms. The van der Waals surface area contributed by atoms with Gasteiger partial charge >= 0.3 is 0 Å². The van der Waals surface area contributed by atoms with Gasteiger partial charge in [-0.25, -0.2) is 0 Å². The van der Waals surface area contributed by atoms with Gasteiger partial charge in [-0.15, -0.1) is 0 Å². The third-order valence-corrected chi connectivity index (χ3v) is 8.57. The molecule has 0 unspecified atom stereocenters. The lowest BCUT2D eigenvalue weighted by molar-refractivity contribution is -0.0242. The van der Waals surface area contributed by atoms with E-state index in [4.69, 9.17) is 47.7 Å². The quantitative estimate of drug-likeness (QED) is 0.0668. The molecule has 0 bridgehead atoms. The van der Waals surface area contributed by atoms with Crippen LogP contribution in [0.3, 0.4) is 0 Å². The Kier molecular flexibility index (Phi) is 38.2. The molecule has 1 N–H and O–H groups in total. The Bertz CT molecular complexity index is 843. The van der Waals surface area contributed by atoms with Crippen LogP contribution in [0.15, 0.2) is 18.2 Å². The van der Waals surface area contributed by atoms with E-state index < -0.39 is 0 Å². The second-order valence-electron chi connectivity index (χ2n) is 13.2. The third-order valence-electron chi connectivity index (χ3n) is 8.57. The molecule has 1 rings (SSSR count). The molecular formula is C42H78O10. The van der Waals surface area contributed by atoms with Gasteiger partial charge in [-0.05, 0) is 42.9 Å². The number of aliphatic hydroxyl groups is 1. The lowest BCUT2D eigenvalue weighted by Gasteiger charge is -2.14. The summed E-state index contributed by atoms with van der Waals surface area (Å²) in [5.74, 6) is 1.02. The molecule has 0 aliphatic carbocycles. The van der Waals surface area contributed by atoms with E-state index in [2.05, 4.69) is 32.0 Å². The lowest BCUT2D eigenvalue weighted by atomic mass is 9.99. The molecule has 1 aromatic carbocycles. The SMILES string of the molecule is CCCCCCCCCc1ccc(OCCOCCOCCOCCOCCOCCOCCOCCOCCO)c(CCCCCCCCC)c1. The maximum Gasteiger partial charge on any atom is 0.122 e. The van der Waals surface area contributed by atoms with Gasteiger partial charge in [0.2, 0.25) is 0 Å². The predicted octanol–water partition coefficient (Wildman–Crippen LogP) is 7.78. The van der Waals surface area contributed by atoms with Gasteiger partial charge in [0.05, 0.1) is 112 Å². The highest BCUT2D eigenvalue weighted by Gasteiger charge is 2.07. The number of rotatable bonds is 43. The highest BCUT2D eigenvalue weighted by molar-refractivity contribution is 5.37. The van der Waals surface area contributed by atoms with Crippen molar-refractivity contribution in [2.24, 2.45) is 0 Å². The van der Waals surface area contributed by atoms with Crippen LogP contribution in [0, 0.1) is 0 Å². The standard InChI is InChI=1S/C42H78O10/c1-3-5-7-9-11-13-15-17-40-19-20-42(41(39-40)18-16-14-12-10-8-6-4-2)52-38-37-51-36-35-50-34-33-49-32-31-48-30-29-47-28-27-46-26-25-45-24-23-44-22-21-43/h19-20,39,43H,3-18,21-38H2,1-2H3. The molecule has 0 aliphatic heterocycles. The Balaban J connectivity index is 2.03. The molecular weight excluding hydrogens is 664 g/mol. The van der Waals surface area contributed by atoms with E-state index in [1.165, 1.54) is 101 Å². The minimum Gasteiger partial charge on any atom is -0.491 e. The van der Waals surface area contributed by atoms with E-state index in [0.717, 1.165) is 18.6 Å². The molecule has 0 aromatic heterocycles. The summed E-state index contributed by atoms with van der Waals surface area (Å²) in [7, 11) is 0. The third kappa shape index (κ3) is 33.2. The van der Waals surface area contributed by atoms with E-state index >= 15 is 0 Å². The monoisotopic (exact) mass is 743 g/mol. The highest BCUT2D eigenvalue weighted by atomic mass is 16.6. The molecule has 0 saturated carbocycles. The fourth-order valence-electron chi connectivity index (χ4n) is 5.60. The topological polar surface area (TPSA) is 103 Å². The van der Waals surface area contributed by atoms with Crippen molar-refractivity contribution >= 4 is 0 Å². The first-order valence-electron chi connectivity index (χ1n) is 20.8. The Labute approximate surface area is 317 Å². The second kappa shape index (κ2) is 40.8. The van der Waals surface area contributed by atoms with Crippen molar-refractivity contribution in [2.45, 2.75) is 117 Å². The zero-order valence-electron chi connectivity index (χ0n) is 33.4. The minimum atomic E-state index is 0.0299. The number of aryl methyl sites for hydroxylation is 2. The molecule has 0 fully saturated rings. The van der Waals surface area contributed by atoms with Gasteiger partial charge in [-0.2, -0.15) is 0 Å². The molecule has 0 atom stereocenters. The Morgan fingerprint density at radius 2 is 0.731 bits per heavy atom. The Morgan fingerprint density at radius 1 is 0.385 bits per heavy atom. The molecule has 1 aromatic rings. The molecule has 0 aliphatic rings. The Hall–Kier alpha value is -1.34. The van der Waals surface area contributed by atoms with E-state index in [1.807, 2.05) is 0 Å². The molecule has 0 radical (unpaired) electrons. The smallest absolute Gasteiger partial charge is 0.122 e. The first-order chi connectivity index (χ1) is 25.8. The van der Waals surface area contributed by atoms with Gasteiger partial charge in [0.1, 0.15) is 12.4 Å². The molecule has 0 saturated heterocycles. The van der Waals surface area contributed by atoms with E-state index in [0.29, 0.717) is 112 Å². The summed E-state index contributed by atoms with van der Waals surface area (Å²) in [4.78, 5) is 0. The number of hydrogen-bond donors (Lipinski definition) is 1. The number of ether oxygens (including phenoxy) is 9. The van der Waals surface area contributed by atoms with Crippen LogP contribution < -0.4 is 4.74 Å². The van der Waals surface area contributed by atoms with Crippen molar-refractivity contribution in [1.29, 1.82) is 0 Å². The van der Waals surface area contributed by atoms with Crippen molar-refractivity contribution < 1.29 is 47.7 Å². The zero-order chi connectivity index (χ0) is 37.3. The Morgan fingerprint density at radius 3 is 1.13 bits per heavy atom. The fourth-order valence-corrected chi connectivity index (χ4v) is 5.60. The highest BCUT2D eigenvalue weighted by Crippen LogP contribution is 2.24. The lowest BCUT2D eigenvalue weighted by Crippen LogP contribution is -2.15. The molecule has 0 heterocycles. The molecule has 10 heteroatoms. The molecule has 0 spiro atoms. The largest absolute Gasteiger partial charge is 0.491 e. The van der Waals surface area contributed by atoms with Gasteiger partial charge in [-0.1, -0.05) is 103 Å². The number of aliphatic hydroxyl groups excluding tert-OH is 1. The van der Waals surface area contributed by atoms with Crippen molar-refractivity contribution in [2.75, 3.05) is 119 Å². The zero-order valence-corrected chi connectivity index (χ0v) is 33.4. The van der Waals surface area contributed by atoms with Gasteiger partial charge in [0.15, 0.2) is 0 Å². The van der Waals surface area contributed by atoms with Crippen LogP contribution in [0.2, 0.25) is 0 Å². The second-order valence-corrected chi connectivity index (χ2v) is 13.2. The summed E-state index contributed by atoms with van der Waals surface area (Å²) in [6, 6.07) is 6.85. The average Bonchev–Trinajstić information content (AvgIpc) is 3.16. The van der Waals surface area contributed by atoms with Crippen LogP contribution in [0.4, 0.5) is 0 Å². The fraction of sp³-hybridized carbons (Fsp3) is 0.857. The van der Waals surface area contributed by atoms with Crippen molar-refractivity contribution in [1.82, 2.24) is 0 Å². The molecule has 306 valence electrons. The summed E-state index contributed by atoms with van der Waals surface area (Å²) in [5, 5.41) is 8.61. The van der Waals surface area contributed by atoms with Crippen LogP contribution in [0.25, 0.3) is 0 Å². The van der Waals surface area contributed by atoms with Crippen molar-refractivity contribution in [3.8, 4) is 5.75 Å². The van der Waals surface area contributed by atoms with Crippen LogP contribution >= 0.6 is 0 Å². The maximum atomic E-state index is 8.61. The molecule has 0 amide bonds. The average molecular weight is 743 g/mol. The van der Waals surface area contributed by atoms with Crippen LogP contribution in [0.1, 0.15) is 115 Å². The van der Waals surface area contributed by atoms with Crippen LogP contribution in [-0.4, -0.2) is 124 Å². The van der Waals surface area contributed by atoms with Crippen LogP contribution in [0.5, 0.6) is 5.75 Å². The van der Waals surface area contributed by atoms with Crippen LogP contribution in [-0.2, 0) is 50.7 Å². The predicted molar refractivity (Wildman–Crippen MR) is 209 cm³/mol. The molecule has 10 nitrogen and oxygen atoms in total. The van der Waals surface area contributed by atoms with Gasteiger partial charge in [-0.3, -0.25) is 0 Å². The maximum absolute atomic E-state index is 8.61. The number of benzene rings is 1. The number of hydrogen-bond acceptors (Lipinski definition) is 10. The summed E-state index contributed by atoms with van der Waals surface area (Å²) in [5.41, 5.74) is 2.80. The van der Waals surface area contributed by atoms with Gasteiger partial charge < -0.3 is 47.7 Å². The summed E-state index contributed by atoms with van der Waals surface area (Å²) < 4.78 is 50.1. The van der Waals surface area contributed by atoms with E-state index in [9.17, 15) is 0 Å².